The molecule has 2 bridgehead atoms. The van der Waals surface area contributed by atoms with Crippen LogP contribution in [0, 0.1) is 5.92 Å². The molecule has 0 aromatic carbocycles. The van der Waals surface area contributed by atoms with Crippen LogP contribution in [0.5, 0.6) is 0 Å². The van der Waals surface area contributed by atoms with Crippen molar-refractivity contribution in [2.75, 3.05) is 24.5 Å². The number of carbonyl (C=O) groups excluding carboxylic acids is 1. The standard InChI is InChI=1S/C18H22N6O3/c25-16-3-7-22(18(27)21-16)8-4-17(26)24-11-13-1-2-14(24)12-23(10-13)15-9-19-5-6-20-15/h3,5-7,9,13-14H,1-2,4,8,10-12H2,(H,21,25,27)/t13-,14+/m0/s1. The molecule has 142 valence electrons. The first-order valence-corrected chi connectivity index (χ1v) is 9.20. The molecule has 1 N–H and O–H groups in total. The molecule has 0 unspecified atom stereocenters. The summed E-state index contributed by atoms with van der Waals surface area (Å²) in [7, 11) is 0. The van der Waals surface area contributed by atoms with Crippen LogP contribution in [0.4, 0.5) is 5.82 Å². The molecule has 3 saturated heterocycles. The van der Waals surface area contributed by atoms with Gasteiger partial charge in [-0.15, -0.1) is 0 Å². The predicted octanol–water partition coefficient (Wildman–Crippen LogP) is -0.156. The minimum Gasteiger partial charge on any atom is -0.353 e. The Morgan fingerprint density at radius 1 is 1.19 bits per heavy atom. The van der Waals surface area contributed by atoms with Crippen molar-refractivity contribution in [2.24, 2.45) is 5.92 Å². The van der Waals surface area contributed by atoms with Crippen LogP contribution >= 0.6 is 0 Å². The van der Waals surface area contributed by atoms with Crippen molar-refractivity contribution in [1.29, 1.82) is 0 Å². The number of nitrogens with zero attached hydrogens (tertiary/aromatic N) is 5. The van der Waals surface area contributed by atoms with Gasteiger partial charge in [0.2, 0.25) is 5.91 Å². The fourth-order valence-corrected chi connectivity index (χ4v) is 4.01. The minimum atomic E-state index is -0.485. The fourth-order valence-electron chi connectivity index (χ4n) is 4.01. The smallest absolute Gasteiger partial charge is 0.328 e. The quantitative estimate of drug-likeness (QED) is 0.802. The van der Waals surface area contributed by atoms with E-state index in [2.05, 4.69) is 19.9 Å². The van der Waals surface area contributed by atoms with Crippen LogP contribution in [0.3, 0.4) is 0 Å². The summed E-state index contributed by atoms with van der Waals surface area (Å²) in [4.78, 5) is 50.7. The number of rotatable bonds is 4. The molecule has 5 heterocycles. The number of hydrogen-bond donors (Lipinski definition) is 1. The molecule has 9 nitrogen and oxygen atoms in total. The monoisotopic (exact) mass is 370 g/mol. The molecule has 5 rings (SSSR count). The van der Waals surface area contributed by atoms with Gasteiger partial charge in [-0.3, -0.25) is 19.6 Å². The Kier molecular flexibility index (Phi) is 4.74. The van der Waals surface area contributed by atoms with Crippen molar-refractivity contribution in [1.82, 2.24) is 24.4 Å². The van der Waals surface area contributed by atoms with Crippen molar-refractivity contribution in [2.45, 2.75) is 31.8 Å². The summed E-state index contributed by atoms with van der Waals surface area (Å²) in [5, 5.41) is 0. The second-order valence-corrected chi connectivity index (χ2v) is 7.17. The molecule has 2 aromatic heterocycles. The third-order valence-corrected chi connectivity index (χ3v) is 5.37. The Bertz CT molecular complexity index is 924. The number of amides is 1. The average molecular weight is 370 g/mol. The number of fused-ring (bicyclic) bond motifs is 4. The van der Waals surface area contributed by atoms with Crippen LogP contribution in [-0.4, -0.2) is 56.0 Å². The summed E-state index contributed by atoms with van der Waals surface area (Å²) in [6.07, 6.45) is 8.85. The highest BCUT2D eigenvalue weighted by Gasteiger charge is 2.37. The van der Waals surface area contributed by atoms with Gasteiger partial charge in [0, 0.05) is 63.3 Å². The van der Waals surface area contributed by atoms with E-state index in [1.54, 1.807) is 18.6 Å². The van der Waals surface area contributed by atoms with Gasteiger partial charge in [0.15, 0.2) is 0 Å². The molecule has 0 spiro atoms. The summed E-state index contributed by atoms with van der Waals surface area (Å²) in [6.45, 7) is 2.62. The number of piperidine rings is 1. The first-order valence-electron chi connectivity index (χ1n) is 9.20. The predicted molar refractivity (Wildman–Crippen MR) is 98.4 cm³/mol. The Labute approximate surface area is 155 Å². The van der Waals surface area contributed by atoms with Crippen LogP contribution in [-0.2, 0) is 11.3 Å². The molecule has 9 heteroatoms. The molecule has 3 aliphatic heterocycles. The zero-order chi connectivity index (χ0) is 18.8. The number of nitrogens with one attached hydrogen (secondary N) is 1. The number of H-pyrrole nitrogens is 1. The van der Waals surface area contributed by atoms with Crippen molar-refractivity contribution in [3.05, 3.63) is 51.7 Å². The van der Waals surface area contributed by atoms with Gasteiger partial charge in [-0.1, -0.05) is 0 Å². The van der Waals surface area contributed by atoms with Gasteiger partial charge in [-0.2, -0.15) is 0 Å². The van der Waals surface area contributed by atoms with E-state index in [9.17, 15) is 14.4 Å². The topological polar surface area (TPSA) is 104 Å². The van der Waals surface area contributed by atoms with E-state index < -0.39 is 11.2 Å². The second-order valence-electron chi connectivity index (χ2n) is 7.17. The van der Waals surface area contributed by atoms with Crippen LogP contribution in [0.1, 0.15) is 19.3 Å². The number of hydrogen-bond acceptors (Lipinski definition) is 6. The summed E-state index contributed by atoms with van der Waals surface area (Å²) >= 11 is 0. The fraction of sp³-hybridized carbons (Fsp3) is 0.500. The highest BCUT2D eigenvalue weighted by Crippen LogP contribution is 2.30. The molecule has 2 aromatic rings. The van der Waals surface area contributed by atoms with Gasteiger partial charge in [-0.25, -0.2) is 9.78 Å². The van der Waals surface area contributed by atoms with Gasteiger partial charge in [0.1, 0.15) is 5.82 Å². The Balaban J connectivity index is 1.44. The van der Waals surface area contributed by atoms with E-state index in [1.807, 2.05) is 4.90 Å². The Morgan fingerprint density at radius 3 is 2.85 bits per heavy atom. The SMILES string of the molecule is O=C(CCn1ccc(=O)[nH]c1=O)N1C[C@H]2CC[C@@H]1CN(c1cnccn1)C2. The summed E-state index contributed by atoms with van der Waals surface area (Å²) in [6, 6.07) is 1.43. The van der Waals surface area contributed by atoms with E-state index in [-0.39, 0.29) is 24.9 Å². The van der Waals surface area contributed by atoms with Crippen LogP contribution in [0.25, 0.3) is 0 Å². The van der Waals surface area contributed by atoms with E-state index >= 15 is 0 Å². The van der Waals surface area contributed by atoms with Crippen molar-refractivity contribution < 1.29 is 4.79 Å². The largest absolute Gasteiger partial charge is 0.353 e. The molecule has 3 aliphatic rings. The van der Waals surface area contributed by atoms with Gasteiger partial charge >= 0.3 is 5.69 Å². The summed E-state index contributed by atoms with van der Waals surface area (Å²) in [5.74, 6) is 1.30. The first kappa shape index (κ1) is 17.4. The molecule has 0 saturated carbocycles. The maximum absolute atomic E-state index is 12.8. The minimum absolute atomic E-state index is 0.0452. The molecular formula is C18H22N6O3. The molecule has 0 aliphatic carbocycles. The van der Waals surface area contributed by atoms with Crippen LogP contribution in [0.2, 0.25) is 0 Å². The number of aryl methyl sites for hydroxylation is 1. The number of carbonyl (C=O) groups is 1. The number of anilines is 1. The molecule has 2 atom stereocenters. The van der Waals surface area contributed by atoms with Crippen molar-refractivity contribution in [3.63, 3.8) is 0 Å². The third kappa shape index (κ3) is 3.76. The van der Waals surface area contributed by atoms with Gasteiger partial charge < -0.3 is 14.4 Å². The van der Waals surface area contributed by atoms with Crippen LogP contribution < -0.4 is 16.1 Å². The molecule has 0 radical (unpaired) electrons. The number of aromatic nitrogens is 4. The lowest BCUT2D eigenvalue weighted by molar-refractivity contribution is -0.135. The Morgan fingerprint density at radius 2 is 2.07 bits per heavy atom. The highest BCUT2D eigenvalue weighted by atomic mass is 16.2. The van der Waals surface area contributed by atoms with Gasteiger partial charge in [-0.05, 0) is 18.8 Å². The lowest BCUT2D eigenvalue weighted by atomic mass is 9.94. The summed E-state index contributed by atoms with van der Waals surface area (Å²) < 4.78 is 1.36. The van der Waals surface area contributed by atoms with Crippen molar-refractivity contribution >= 4 is 11.7 Å². The average Bonchev–Trinajstić information content (AvgIpc) is 3.00. The molecular weight excluding hydrogens is 348 g/mol. The Hall–Kier alpha value is -2.97. The van der Waals surface area contributed by atoms with Gasteiger partial charge in [0.25, 0.3) is 5.56 Å². The zero-order valence-corrected chi connectivity index (χ0v) is 15.0. The molecule has 3 fully saturated rings. The lowest BCUT2D eigenvalue weighted by Gasteiger charge is -2.36. The van der Waals surface area contributed by atoms with E-state index in [0.29, 0.717) is 5.92 Å². The normalized spacial score (nSPS) is 21.9. The van der Waals surface area contributed by atoms with Crippen molar-refractivity contribution in [3.8, 4) is 0 Å². The molecule has 1 amide bonds. The van der Waals surface area contributed by atoms with E-state index in [1.165, 1.54) is 16.8 Å². The third-order valence-electron chi connectivity index (χ3n) is 5.37. The summed E-state index contributed by atoms with van der Waals surface area (Å²) in [5.41, 5.74) is -0.918. The maximum Gasteiger partial charge on any atom is 0.328 e. The van der Waals surface area contributed by atoms with E-state index in [4.69, 9.17) is 0 Å². The zero-order valence-electron chi connectivity index (χ0n) is 15.0. The molecule has 27 heavy (non-hydrogen) atoms. The second kappa shape index (κ2) is 7.34. The number of aromatic amines is 1. The van der Waals surface area contributed by atoms with E-state index in [0.717, 1.165) is 38.3 Å². The van der Waals surface area contributed by atoms with Gasteiger partial charge in [0.05, 0.1) is 6.20 Å². The first-order chi connectivity index (χ1) is 13.1. The highest BCUT2D eigenvalue weighted by molar-refractivity contribution is 5.76. The van der Waals surface area contributed by atoms with Crippen LogP contribution in [0.15, 0.2) is 40.4 Å². The maximum atomic E-state index is 12.8. The lowest BCUT2D eigenvalue weighted by Crippen LogP contribution is -2.47.